The molecule has 2 aromatic heterocycles. The van der Waals surface area contributed by atoms with Gasteiger partial charge in [-0.15, -0.1) is 5.10 Å². The Hall–Kier alpha value is -4.34. The molecule has 1 saturated heterocycles. The van der Waals surface area contributed by atoms with E-state index in [2.05, 4.69) is 15.3 Å². The van der Waals surface area contributed by atoms with Crippen molar-refractivity contribution in [2.45, 2.75) is 31.8 Å². The summed E-state index contributed by atoms with van der Waals surface area (Å²) in [5.74, 6) is 0.458. The zero-order valence-corrected chi connectivity index (χ0v) is 19.0. The molecule has 10 nitrogen and oxygen atoms in total. The van der Waals surface area contributed by atoms with E-state index >= 15 is 0 Å². The quantitative estimate of drug-likeness (QED) is 0.294. The number of nitro groups is 1. The summed E-state index contributed by atoms with van der Waals surface area (Å²) in [6.45, 7) is 2.44. The Labute approximate surface area is 200 Å². The maximum absolute atomic E-state index is 12.3. The van der Waals surface area contributed by atoms with Crippen LogP contribution in [0.2, 0.25) is 0 Å². The van der Waals surface area contributed by atoms with Gasteiger partial charge in [-0.2, -0.15) is 4.68 Å². The van der Waals surface area contributed by atoms with Crippen molar-refractivity contribution >= 4 is 17.3 Å². The molecule has 2 aromatic carbocycles. The number of nitrogens with zero attached hydrogens (tertiary/aromatic N) is 4. The standard InChI is InChI=1S/C25H25N5O5/c31-25-29(17-18-4-2-1-3-5-18)27-24(35-25)19-12-14-28(15-13-19)21-8-6-20(7-9-21)26-16-22-10-11-23(34-22)30(32)33/h1-11,19,26H,12-17H2. The Morgan fingerprint density at radius 1 is 1.00 bits per heavy atom. The molecular formula is C25H25N5O5. The van der Waals surface area contributed by atoms with Gasteiger partial charge >= 0.3 is 11.6 Å². The molecular weight excluding hydrogens is 450 g/mol. The molecule has 3 heterocycles. The fourth-order valence-corrected chi connectivity index (χ4v) is 4.27. The van der Waals surface area contributed by atoms with Crippen LogP contribution in [0, 0.1) is 10.1 Å². The monoisotopic (exact) mass is 475 g/mol. The van der Waals surface area contributed by atoms with Gasteiger partial charge in [0.1, 0.15) is 10.7 Å². The molecule has 0 atom stereocenters. The molecule has 4 aromatic rings. The van der Waals surface area contributed by atoms with Crippen molar-refractivity contribution in [2.24, 2.45) is 0 Å². The highest BCUT2D eigenvalue weighted by atomic mass is 16.6. The minimum Gasteiger partial charge on any atom is -0.404 e. The number of anilines is 2. The first kappa shape index (κ1) is 22.5. The maximum atomic E-state index is 12.3. The van der Waals surface area contributed by atoms with Crippen LogP contribution in [0.25, 0.3) is 0 Å². The van der Waals surface area contributed by atoms with E-state index in [4.69, 9.17) is 8.83 Å². The summed E-state index contributed by atoms with van der Waals surface area (Å²) >= 11 is 0. The lowest BCUT2D eigenvalue weighted by atomic mass is 9.96. The SMILES string of the molecule is O=c1oc(C2CCN(c3ccc(NCc4ccc([N+](=O)[O-])o4)cc3)CC2)nn1Cc1ccccc1. The Morgan fingerprint density at radius 2 is 1.74 bits per heavy atom. The molecule has 5 rings (SSSR count). The lowest BCUT2D eigenvalue weighted by Crippen LogP contribution is -2.33. The van der Waals surface area contributed by atoms with Crippen molar-refractivity contribution in [3.05, 3.63) is 105 Å². The van der Waals surface area contributed by atoms with Crippen LogP contribution in [0.3, 0.4) is 0 Å². The fourth-order valence-electron chi connectivity index (χ4n) is 4.27. The second kappa shape index (κ2) is 9.88. The van der Waals surface area contributed by atoms with Crippen LogP contribution >= 0.6 is 0 Å². The van der Waals surface area contributed by atoms with Crippen molar-refractivity contribution in [1.82, 2.24) is 9.78 Å². The number of benzene rings is 2. The van der Waals surface area contributed by atoms with E-state index in [-0.39, 0.29) is 11.8 Å². The second-order valence-electron chi connectivity index (χ2n) is 8.51. The molecule has 180 valence electrons. The second-order valence-corrected chi connectivity index (χ2v) is 8.51. The van der Waals surface area contributed by atoms with Crippen LogP contribution < -0.4 is 16.0 Å². The van der Waals surface area contributed by atoms with Crippen LogP contribution in [-0.2, 0) is 13.1 Å². The molecule has 0 spiro atoms. The highest BCUT2D eigenvalue weighted by molar-refractivity contribution is 5.55. The van der Waals surface area contributed by atoms with E-state index in [1.807, 2.05) is 54.6 Å². The first-order valence-corrected chi connectivity index (χ1v) is 11.5. The Morgan fingerprint density at radius 3 is 2.43 bits per heavy atom. The molecule has 0 saturated carbocycles. The molecule has 35 heavy (non-hydrogen) atoms. The van der Waals surface area contributed by atoms with Gasteiger partial charge in [-0.05, 0) is 48.7 Å². The molecule has 10 heteroatoms. The van der Waals surface area contributed by atoms with E-state index in [0.717, 1.165) is 42.9 Å². The number of furan rings is 1. The molecule has 1 fully saturated rings. The van der Waals surface area contributed by atoms with Gasteiger partial charge in [-0.25, -0.2) is 4.79 Å². The average Bonchev–Trinajstić information content (AvgIpc) is 3.51. The predicted octanol–water partition coefficient (Wildman–Crippen LogP) is 4.38. The van der Waals surface area contributed by atoms with Crippen molar-refractivity contribution < 1.29 is 13.8 Å². The van der Waals surface area contributed by atoms with Crippen molar-refractivity contribution in [1.29, 1.82) is 0 Å². The van der Waals surface area contributed by atoms with Crippen LogP contribution in [0.1, 0.15) is 36.0 Å². The molecule has 1 aliphatic heterocycles. The summed E-state index contributed by atoms with van der Waals surface area (Å²) in [5, 5.41) is 18.4. The van der Waals surface area contributed by atoms with Crippen molar-refractivity contribution in [3.8, 4) is 0 Å². The summed E-state index contributed by atoms with van der Waals surface area (Å²) in [6.07, 6.45) is 1.70. The first-order valence-electron chi connectivity index (χ1n) is 11.5. The number of rotatable bonds is 8. The molecule has 1 aliphatic rings. The summed E-state index contributed by atoms with van der Waals surface area (Å²) in [5.41, 5.74) is 3.01. The van der Waals surface area contributed by atoms with Gasteiger partial charge in [-0.3, -0.25) is 10.1 Å². The number of aromatic nitrogens is 2. The van der Waals surface area contributed by atoms with Gasteiger partial charge in [0.05, 0.1) is 19.2 Å². The summed E-state index contributed by atoms with van der Waals surface area (Å²) in [4.78, 5) is 24.7. The lowest BCUT2D eigenvalue weighted by Gasteiger charge is -2.32. The van der Waals surface area contributed by atoms with E-state index < -0.39 is 10.7 Å². The number of hydrogen-bond donors (Lipinski definition) is 1. The molecule has 0 aliphatic carbocycles. The zero-order chi connectivity index (χ0) is 24.2. The van der Waals surface area contributed by atoms with Gasteiger partial charge in [0.2, 0.25) is 5.89 Å². The van der Waals surface area contributed by atoms with Gasteiger partial charge in [-0.1, -0.05) is 30.3 Å². The minimum absolute atomic E-state index is 0.120. The Bertz CT molecular complexity index is 1330. The van der Waals surface area contributed by atoms with Crippen LogP contribution in [0.4, 0.5) is 17.3 Å². The molecule has 1 N–H and O–H groups in total. The van der Waals surface area contributed by atoms with Crippen LogP contribution in [0.5, 0.6) is 0 Å². The minimum atomic E-state index is -0.550. The Balaban J connectivity index is 1.14. The van der Waals surface area contributed by atoms with Gasteiger partial charge < -0.3 is 19.1 Å². The molecule has 0 radical (unpaired) electrons. The largest absolute Gasteiger partial charge is 0.437 e. The van der Waals surface area contributed by atoms with Crippen molar-refractivity contribution in [3.63, 3.8) is 0 Å². The zero-order valence-electron chi connectivity index (χ0n) is 19.0. The smallest absolute Gasteiger partial charge is 0.404 e. The lowest BCUT2D eigenvalue weighted by molar-refractivity contribution is -0.402. The summed E-state index contributed by atoms with van der Waals surface area (Å²) in [6, 6.07) is 20.7. The number of hydrogen-bond acceptors (Lipinski definition) is 8. The van der Waals surface area contributed by atoms with E-state index in [1.165, 1.54) is 10.7 Å². The third-order valence-corrected chi connectivity index (χ3v) is 6.17. The summed E-state index contributed by atoms with van der Waals surface area (Å²) < 4.78 is 12.0. The molecule has 0 amide bonds. The average molecular weight is 476 g/mol. The van der Waals surface area contributed by atoms with Crippen molar-refractivity contribution in [2.75, 3.05) is 23.3 Å². The third-order valence-electron chi connectivity index (χ3n) is 6.17. The summed E-state index contributed by atoms with van der Waals surface area (Å²) in [7, 11) is 0. The molecule has 0 bridgehead atoms. The van der Waals surface area contributed by atoms with E-state index in [9.17, 15) is 14.9 Å². The van der Waals surface area contributed by atoms with Crippen LogP contribution in [0.15, 0.2) is 80.4 Å². The van der Waals surface area contributed by atoms with E-state index in [1.54, 1.807) is 6.07 Å². The predicted molar refractivity (Wildman–Crippen MR) is 130 cm³/mol. The topological polar surface area (TPSA) is 120 Å². The number of piperidine rings is 1. The highest BCUT2D eigenvalue weighted by Gasteiger charge is 2.26. The normalized spacial score (nSPS) is 14.2. The molecule has 0 unspecified atom stereocenters. The highest BCUT2D eigenvalue weighted by Crippen LogP contribution is 2.30. The number of nitrogens with one attached hydrogen (secondary N) is 1. The third kappa shape index (κ3) is 5.26. The van der Waals surface area contributed by atoms with Gasteiger partial charge in [0.15, 0.2) is 0 Å². The Kier molecular flexibility index (Phi) is 6.34. The fraction of sp³-hybridized carbons (Fsp3) is 0.280. The van der Waals surface area contributed by atoms with Gasteiger partial charge in [0, 0.05) is 30.4 Å². The first-order chi connectivity index (χ1) is 17.0. The van der Waals surface area contributed by atoms with Crippen LogP contribution in [-0.4, -0.2) is 27.8 Å². The maximum Gasteiger partial charge on any atom is 0.437 e. The van der Waals surface area contributed by atoms with E-state index in [0.29, 0.717) is 24.7 Å². The van der Waals surface area contributed by atoms with Gasteiger partial charge in [0.25, 0.3) is 0 Å².